The number of rotatable bonds is 9. The summed E-state index contributed by atoms with van der Waals surface area (Å²) in [5, 5.41) is 0. The van der Waals surface area contributed by atoms with Gasteiger partial charge in [-0.3, -0.25) is 4.98 Å². The highest BCUT2D eigenvalue weighted by Gasteiger charge is 2.14. The van der Waals surface area contributed by atoms with Gasteiger partial charge in [0.1, 0.15) is 5.75 Å². The number of hydrogen-bond donors (Lipinski definition) is 0. The third-order valence-corrected chi connectivity index (χ3v) is 4.12. The normalized spacial score (nSPS) is 11.7. The monoisotopic (exact) mass is 353 g/mol. The molecule has 0 aliphatic carbocycles. The summed E-state index contributed by atoms with van der Waals surface area (Å²) in [7, 11) is 0. The number of aromatic nitrogens is 1. The third kappa shape index (κ3) is 5.73. The summed E-state index contributed by atoms with van der Waals surface area (Å²) < 4.78 is 10.9. The van der Waals surface area contributed by atoms with E-state index in [4.69, 9.17) is 9.47 Å². The Morgan fingerprint density at radius 2 is 1.88 bits per heavy atom. The first-order chi connectivity index (χ1) is 12.7. The largest absolute Gasteiger partial charge is 0.494 e. The van der Waals surface area contributed by atoms with Crippen LogP contribution in [0.5, 0.6) is 5.75 Å². The number of pyridine rings is 1. The molecule has 4 nitrogen and oxygen atoms in total. The second kappa shape index (κ2) is 10.4. The number of carbonyl (C=O) groups is 1. The van der Waals surface area contributed by atoms with Crippen molar-refractivity contribution < 1.29 is 14.3 Å². The molecular weight excluding hydrogens is 326 g/mol. The van der Waals surface area contributed by atoms with Gasteiger partial charge in [0.15, 0.2) is 0 Å². The van der Waals surface area contributed by atoms with Crippen LogP contribution in [-0.2, 0) is 16.0 Å². The molecule has 2 rings (SSSR count). The SMILES string of the molecule is CCCCOc1ccc(C/C(=C(\C)C(=O)OCC)c2cccnc2)cc1. The van der Waals surface area contributed by atoms with Gasteiger partial charge in [-0.05, 0) is 61.6 Å². The summed E-state index contributed by atoms with van der Waals surface area (Å²) in [5.74, 6) is 0.585. The molecular formula is C22H27NO3. The number of ether oxygens (including phenoxy) is 2. The molecule has 0 saturated heterocycles. The third-order valence-electron chi connectivity index (χ3n) is 4.12. The molecule has 0 fully saturated rings. The lowest BCUT2D eigenvalue weighted by Gasteiger charge is -2.13. The van der Waals surface area contributed by atoms with Gasteiger partial charge in [0.05, 0.1) is 13.2 Å². The lowest BCUT2D eigenvalue weighted by Crippen LogP contribution is -2.09. The topological polar surface area (TPSA) is 48.4 Å². The molecule has 0 amide bonds. The fourth-order valence-electron chi connectivity index (χ4n) is 2.60. The maximum absolute atomic E-state index is 12.2. The average molecular weight is 353 g/mol. The van der Waals surface area contributed by atoms with E-state index in [-0.39, 0.29) is 5.97 Å². The molecule has 138 valence electrons. The van der Waals surface area contributed by atoms with Crippen molar-refractivity contribution in [3.05, 3.63) is 65.5 Å². The Balaban J connectivity index is 2.22. The van der Waals surface area contributed by atoms with Crippen molar-refractivity contribution in [2.75, 3.05) is 13.2 Å². The summed E-state index contributed by atoms with van der Waals surface area (Å²) in [6, 6.07) is 11.9. The second-order valence-electron chi connectivity index (χ2n) is 6.09. The zero-order valence-electron chi connectivity index (χ0n) is 15.8. The molecule has 0 N–H and O–H groups in total. The predicted octanol–water partition coefficient (Wildman–Crippen LogP) is 4.84. The van der Waals surface area contributed by atoms with Crippen LogP contribution in [0.3, 0.4) is 0 Å². The number of esters is 1. The Hall–Kier alpha value is -2.62. The average Bonchev–Trinajstić information content (AvgIpc) is 2.68. The van der Waals surface area contributed by atoms with Crippen LogP contribution < -0.4 is 4.74 Å². The van der Waals surface area contributed by atoms with Gasteiger partial charge in [-0.25, -0.2) is 4.79 Å². The Morgan fingerprint density at radius 3 is 2.50 bits per heavy atom. The number of nitrogens with zero attached hydrogens (tertiary/aromatic N) is 1. The van der Waals surface area contributed by atoms with E-state index in [2.05, 4.69) is 11.9 Å². The zero-order chi connectivity index (χ0) is 18.8. The molecule has 4 heteroatoms. The maximum Gasteiger partial charge on any atom is 0.334 e. The van der Waals surface area contributed by atoms with E-state index in [1.165, 1.54) is 0 Å². The number of hydrogen-bond acceptors (Lipinski definition) is 4. The molecule has 0 saturated carbocycles. The maximum atomic E-state index is 12.2. The first-order valence-electron chi connectivity index (χ1n) is 9.14. The van der Waals surface area contributed by atoms with Crippen LogP contribution in [0.2, 0.25) is 0 Å². The second-order valence-corrected chi connectivity index (χ2v) is 6.09. The van der Waals surface area contributed by atoms with E-state index < -0.39 is 0 Å². The molecule has 1 heterocycles. The molecule has 0 atom stereocenters. The van der Waals surface area contributed by atoms with Crippen molar-refractivity contribution in [3.63, 3.8) is 0 Å². The zero-order valence-corrected chi connectivity index (χ0v) is 15.8. The molecule has 1 aromatic carbocycles. The fourth-order valence-corrected chi connectivity index (χ4v) is 2.60. The summed E-state index contributed by atoms with van der Waals surface area (Å²) >= 11 is 0. The van der Waals surface area contributed by atoms with E-state index in [1.807, 2.05) is 50.2 Å². The Kier molecular flexibility index (Phi) is 7.87. The van der Waals surface area contributed by atoms with Crippen LogP contribution in [0.15, 0.2) is 54.4 Å². The first-order valence-corrected chi connectivity index (χ1v) is 9.14. The molecule has 0 bridgehead atoms. The van der Waals surface area contributed by atoms with E-state index in [1.54, 1.807) is 12.4 Å². The van der Waals surface area contributed by atoms with Crippen molar-refractivity contribution in [2.24, 2.45) is 0 Å². The molecule has 2 aromatic rings. The molecule has 26 heavy (non-hydrogen) atoms. The van der Waals surface area contributed by atoms with E-state index >= 15 is 0 Å². The Morgan fingerprint density at radius 1 is 1.12 bits per heavy atom. The molecule has 1 aromatic heterocycles. The highest BCUT2D eigenvalue weighted by molar-refractivity contribution is 5.97. The van der Waals surface area contributed by atoms with Crippen LogP contribution in [0.25, 0.3) is 5.57 Å². The number of benzene rings is 1. The van der Waals surface area contributed by atoms with Crippen LogP contribution >= 0.6 is 0 Å². The summed E-state index contributed by atoms with van der Waals surface area (Å²) in [4.78, 5) is 16.4. The van der Waals surface area contributed by atoms with Crippen molar-refractivity contribution >= 4 is 11.5 Å². The van der Waals surface area contributed by atoms with Crippen molar-refractivity contribution in [1.82, 2.24) is 4.98 Å². The van der Waals surface area contributed by atoms with Gasteiger partial charge < -0.3 is 9.47 Å². The summed E-state index contributed by atoms with van der Waals surface area (Å²) in [5.41, 5.74) is 3.58. The standard InChI is InChI=1S/C22H27NO3/c1-4-6-14-26-20-11-9-18(10-12-20)15-21(17(3)22(24)25-5-2)19-8-7-13-23-16-19/h7-13,16H,4-6,14-15H2,1-3H3/b21-17-. The predicted molar refractivity (Wildman–Crippen MR) is 104 cm³/mol. The lowest BCUT2D eigenvalue weighted by atomic mass is 9.95. The van der Waals surface area contributed by atoms with Gasteiger partial charge in [0.2, 0.25) is 0 Å². The molecule has 0 spiro atoms. The van der Waals surface area contributed by atoms with Crippen LogP contribution in [-0.4, -0.2) is 24.2 Å². The first kappa shape index (κ1) is 19.7. The Labute approximate surface area is 155 Å². The van der Waals surface area contributed by atoms with Gasteiger partial charge in [-0.1, -0.05) is 31.5 Å². The quantitative estimate of drug-likeness (QED) is 0.368. The molecule has 0 unspecified atom stereocenters. The molecule has 0 aliphatic rings. The van der Waals surface area contributed by atoms with Gasteiger partial charge in [-0.2, -0.15) is 0 Å². The van der Waals surface area contributed by atoms with E-state index in [0.29, 0.717) is 18.6 Å². The van der Waals surface area contributed by atoms with Gasteiger partial charge in [-0.15, -0.1) is 0 Å². The minimum atomic E-state index is -0.286. The van der Waals surface area contributed by atoms with Crippen molar-refractivity contribution in [1.29, 1.82) is 0 Å². The van der Waals surface area contributed by atoms with Crippen LogP contribution in [0.1, 0.15) is 44.7 Å². The van der Waals surface area contributed by atoms with Gasteiger partial charge in [0, 0.05) is 18.0 Å². The highest BCUT2D eigenvalue weighted by atomic mass is 16.5. The Bertz CT molecular complexity index is 721. The highest BCUT2D eigenvalue weighted by Crippen LogP contribution is 2.25. The minimum absolute atomic E-state index is 0.286. The number of allylic oxidation sites excluding steroid dienone is 1. The van der Waals surface area contributed by atoms with Gasteiger partial charge in [0.25, 0.3) is 0 Å². The minimum Gasteiger partial charge on any atom is -0.494 e. The number of carbonyl (C=O) groups excluding carboxylic acids is 1. The van der Waals surface area contributed by atoms with Crippen molar-refractivity contribution in [2.45, 2.75) is 40.0 Å². The fraction of sp³-hybridized carbons (Fsp3) is 0.364. The van der Waals surface area contributed by atoms with Gasteiger partial charge >= 0.3 is 5.97 Å². The molecule has 0 aliphatic heterocycles. The van der Waals surface area contributed by atoms with E-state index in [0.717, 1.165) is 41.9 Å². The van der Waals surface area contributed by atoms with Crippen molar-refractivity contribution in [3.8, 4) is 5.75 Å². The smallest absolute Gasteiger partial charge is 0.334 e. The summed E-state index contributed by atoms with van der Waals surface area (Å²) in [6.45, 7) is 6.86. The molecule has 0 radical (unpaired) electrons. The lowest BCUT2D eigenvalue weighted by molar-refractivity contribution is -0.138. The summed E-state index contributed by atoms with van der Waals surface area (Å²) in [6.07, 6.45) is 6.30. The van der Waals surface area contributed by atoms with E-state index in [9.17, 15) is 4.79 Å². The van der Waals surface area contributed by atoms with Crippen LogP contribution in [0.4, 0.5) is 0 Å². The van der Waals surface area contributed by atoms with Crippen LogP contribution in [0, 0.1) is 0 Å². The number of unbranched alkanes of at least 4 members (excludes halogenated alkanes) is 1.